The number of rotatable bonds is 0. The predicted molar refractivity (Wildman–Crippen MR) is 39.7 cm³/mol. The molecule has 0 aromatic rings. The average molecular weight is 141 g/mol. The minimum Gasteiger partial charge on any atom is -0.356 e. The first-order valence-electron chi connectivity index (χ1n) is 4.24. The van der Waals surface area contributed by atoms with E-state index in [4.69, 9.17) is 4.74 Å². The van der Waals surface area contributed by atoms with Crippen molar-refractivity contribution in [3.63, 3.8) is 0 Å². The average Bonchev–Trinajstić information content (AvgIpc) is 2.46. The van der Waals surface area contributed by atoms with E-state index in [1.165, 1.54) is 25.7 Å². The number of hydrogen-bond acceptors (Lipinski definition) is 2. The Morgan fingerprint density at radius 3 is 2.60 bits per heavy atom. The van der Waals surface area contributed by atoms with Crippen LogP contribution in [0.5, 0.6) is 0 Å². The monoisotopic (exact) mass is 141 g/mol. The van der Waals surface area contributed by atoms with Crippen LogP contribution in [0.2, 0.25) is 0 Å². The molecule has 1 spiro atoms. The van der Waals surface area contributed by atoms with Crippen molar-refractivity contribution in [3.05, 3.63) is 0 Å². The molecule has 1 saturated carbocycles. The zero-order valence-corrected chi connectivity index (χ0v) is 6.52. The summed E-state index contributed by atoms with van der Waals surface area (Å²) in [5, 5.41) is 3.46. The molecule has 2 nitrogen and oxygen atoms in total. The fourth-order valence-electron chi connectivity index (χ4n) is 2.04. The molecule has 0 bridgehead atoms. The van der Waals surface area contributed by atoms with E-state index in [0.717, 1.165) is 6.54 Å². The molecule has 1 N–H and O–H groups in total. The summed E-state index contributed by atoms with van der Waals surface area (Å²) in [6.07, 6.45) is 5.53. The van der Waals surface area contributed by atoms with Crippen LogP contribution >= 0.6 is 0 Å². The van der Waals surface area contributed by atoms with E-state index in [1.54, 1.807) is 0 Å². The summed E-state index contributed by atoms with van der Waals surface area (Å²) < 4.78 is 5.80. The molecule has 0 radical (unpaired) electrons. The van der Waals surface area contributed by atoms with Gasteiger partial charge in [-0.05, 0) is 32.6 Å². The summed E-state index contributed by atoms with van der Waals surface area (Å²) in [5.41, 5.74) is 0.111. The molecule has 0 aromatic carbocycles. The van der Waals surface area contributed by atoms with Crippen molar-refractivity contribution >= 4 is 0 Å². The molecule has 1 heterocycles. The van der Waals surface area contributed by atoms with Gasteiger partial charge in [-0.3, -0.25) is 5.32 Å². The standard InChI is InChI=1S/C8H15NO/c1-7-6-9-8(10-7)4-2-3-5-8/h7,9H,2-6H2,1H3. The Hall–Kier alpha value is -0.0800. The van der Waals surface area contributed by atoms with E-state index in [0.29, 0.717) is 6.10 Å². The summed E-state index contributed by atoms with van der Waals surface area (Å²) in [6.45, 7) is 3.18. The maximum Gasteiger partial charge on any atom is 0.119 e. The van der Waals surface area contributed by atoms with Crippen LogP contribution in [0.1, 0.15) is 32.6 Å². The molecule has 1 saturated heterocycles. The van der Waals surface area contributed by atoms with Gasteiger partial charge in [0, 0.05) is 6.54 Å². The lowest BCUT2D eigenvalue weighted by molar-refractivity contribution is -0.0382. The quantitative estimate of drug-likeness (QED) is 0.548. The van der Waals surface area contributed by atoms with Gasteiger partial charge in [-0.25, -0.2) is 0 Å². The SMILES string of the molecule is CC1CNC2(CCCC2)O1. The van der Waals surface area contributed by atoms with Gasteiger partial charge >= 0.3 is 0 Å². The third-order valence-corrected chi connectivity index (χ3v) is 2.55. The summed E-state index contributed by atoms with van der Waals surface area (Å²) in [7, 11) is 0. The molecule has 58 valence electrons. The first-order chi connectivity index (χ1) is 4.81. The Balaban J connectivity index is 2.03. The van der Waals surface area contributed by atoms with Gasteiger partial charge in [0.25, 0.3) is 0 Å². The largest absolute Gasteiger partial charge is 0.356 e. The lowest BCUT2D eigenvalue weighted by atomic mass is 10.2. The number of ether oxygens (including phenoxy) is 1. The summed E-state index contributed by atoms with van der Waals surface area (Å²) in [6, 6.07) is 0. The Labute approximate surface area is 61.9 Å². The van der Waals surface area contributed by atoms with E-state index in [1.807, 2.05) is 0 Å². The van der Waals surface area contributed by atoms with Crippen molar-refractivity contribution in [3.8, 4) is 0 Å². The van der Waals surface area contributed by atoms with Gasteiger partial charge in [0.1, 0.15) is 5.72 Å². The molecule has 1 aliphatic carbocycles. The lowest BCUT2D eigenvalue weighted by Gasteiger charge is -2.22. The minimum absolute atomic E-state index is 0.111. The molecule has 1 aliphatic heterocycles. The van der Waals surface area contributed by atoms with Crippen LogP contribution in [0.3, 0.4) is 0 Å². The molecule has 1 unspecified atom stereocenters. The molecule has 0 amide bonds. The zero-order valence-electron chi connectivity index (χ0n) is 6.52. The second-order valence-corrected chi connectivity index (χ2v) is 3.51. The Morgan fingerprint density at radius 1 is 1.40 bits per heavy atom. The molecule has 2 rings (SSSR count). The van der Waals surface area contributed by atoms with E-state index in [9.17, 15) is 0 Å². The highest BCUT2D eigenvalue weighted by molar-refractivity contribution is 4.89. The zero-order chi connectivity index (χ0) is 7.03. The summed E-state index contributed by atoms with van der Waals surface area (Å²) >= 11 is 0. The van der Waals surface area contributed by atoms with Crippen LogP contribution < -0.4 is 5.32 Å². The number of hydrogen-bond donors (Lipinski definition) is 1. The molecule has 2 fully saturated rings. The van der Waals surface area contributed by atoms with Crippen LogP contribution in [0, 0.1) is 0 Å². The van der Waals surface area contributed by atoms with E-state index >= 15 is 0 Å². The Morgan fingerprint density at radius 2 is 2.10 bits per heavy atom. The minimum atomic E-state index is 0.111. The van der Waals surface area contributed by atoms with Gasteiger partial charge in [0.15, 0.2) is 0 Å². The molecule has 10 heavy (non-hydrogen) atoms. The Kier molecular flexibility index (Phi) is 1.46. The third kappa shape index (κ3) is 0.956. The second-order valence-electron chi connectivity index (χ2n) is 3.51. The molecular formula is C8H15NO. The van der Waals surface area contributed by atoms with Crippen molar-refractivity contribution in [1.82, 2.24) is 5.32 Å². The topological polar surface area (TPSA) is 21.3 Å². The third-order valence-electron chi connectivity index (χ3n) is 2.55. The van der Waals surface area contributed by atoms with Gasteiger partial charge in [-0.15, -0.1) is 0 Å². The molecule has 2 heteroatoms. The molecule has 0 aromatic heterocycles. The summed E-state index contributed by atoms with van der Waals surface area (Å²) in [5.74, 6) is 0. The molecule has 1 atom stereocenters. The van der Waals surface area contributed by atoms with Crippen LogP contribution in [0.4, 0.5) is 0 Å². The van der Waals surface area contributed by atoms with E-state index in [-0.39, 0.29) is 5.72 Å². The van der Waals surface area contributed by atoms with Crippen LogP contribution in [-0.4, -0.2) is 18.4 Å². The first kappa shape index (κ1) is 6.62. The van der Waals surface area contributed by atoms with Gasteiger partial charge in [-0.1, -0.05) is 0 Å². The van der Waals surface area contributed by atoms with Crippen molar-refractivity contribution in [2.24, 2.45) is 0 Å². The lowest BCUT2D eigenvalue weighted by Crippen LogP contribution is -2.37. The van der Waals surface area contributed by atoms with Gasteiger partial charge in [0.2, 0.25) is 0 Å². The van der Waals surface area contributed by atoms with E-state index < -0.39 is 0 Å². The maximum absolute atomic E-state index is 5.80. The summed E-state index contributed by atoms with van der Waals surface area (Å²) in [4.78, 5) is 0. The highest BCUT2D eigenvalue weighted by Crippen LogP contribution is 2.34. The first-order valence-corrected chi connectivity index (χ1v) is 4.24. The predicted octanol–water partition coefficient (Wildman–Crippen LogP) is 1.27. The van der Waals surface area contributed by atoms with Crippen LogP contribution in [0.15, 0.2) is 0 Å². The maximum atomic E-state index is 5.80. The highest BCUT2D eigenvalue weighted by atomic mass is 16.5. The van der Waals surface area contributed by atoms with Crippen molar-refractivity contribution in [2.75, 3.05) is 6.54 Å². The van der Waals surface area contributed by atoms with Crippen molar-refractivity contribution in [2.45, 2.75) is 44.4 Å². The fourth-order valence-corrected chi connectivity index (χ4v) is 2.04. The van der Waals surface area contributed by atoms with Crippen LogP contribution in [-0.2, 0) is 4.74 Å². The van der Waals surface area contributed by atoms with Crippen molar-refractivity contribution in [1.29, 1.82) is 0 Å². The van der Waals surface area contributed by atoms with Crippen molar-refractivity contribution < 1.29 is 4.74 Å². The smallest absolute Gasteiger partial charge is 0.119 e. The molecular weight excluding hydrogens is 126 g/mol. The van der Waals surface area contributed by atoms with E-state index in [2.05, 4.69) is 12.2 Å². The second kappa shape index (κ2) is 2.21. The van der Waals surface area contributed by atoms with Gasteiger partial charge in [0.05, 0.1) is 6.10 Å². The van der Waals surface area contributed by atoms with Gasteiger partial charge in [-0.2, -0.15) is 0 Å². The Bertz CT molecular complexity index is 129. The normalized spacial score (nSPS) is 37.5. The fraction of sp³-hybridized carbons (Fsp3) is 1.00. The molecule has 2 aliphatic rings. The van der Waals surface area contributed by atoms with Gasteiger partial charge < -0.3 is 4.74 Å². The number of nitrogens with one attached hydrogen (secondary N) is 1. The highest BCUT2D eigenvalue weighted by Gasteiger charge is 2.40. The van der Waals surface area contributed by atoms with Crippen LogP contribution in [0.25, 0.3) is 0 Å².